The van der Waals surface area contributed by atoms with Crippen molar-refractivity contribution in [3.8, 4) is 0 Å². The summed E-state index contributed by atoms with van der Waals surface area (Å²) >= 11 is 5.99. The monoisotopic (exact) mass is 308 g/mol. The largest absolute Gasteiger partial charge is 0.324 e. The predicted octanol–water partition coefficient (Wildman–Crippen LogP) is 3.99. The Bertz CT molecular complexity index is 821. The fraction of sp³-hybridized carbons (Fsp3) is 0.0588. The third-order valence-corrected chi connectivity index (χ3v) is 3.96. The third-order valence-electron chi connectivity index (χ3n) is 3.70. The molecule has 4 rings (SSSR count). The fourth-order valence-corrected chi connectivity index (χ4v) is 2.74. The summed E-state index contributed by atoms with van der Waals surface area (Å²) in [6.45, 7) is 0. The maximum atomic E-state index is 5.99. The molecule has 3 aromatic rings. The second-order valence-electron chi connectivity index (χ2n) is 5.10. The lowest BCUT2D eigenvalue weighted by molar-refractivity contribution is 0.612. The molecular weight excluding hydrogens is 296 g/mol. The lowest BCUT2D eigenvalue weighted by Gasteiger charge is -2.24. The van der Waals surface area contributed by atoms with E-state index < -0.39 is 0 Å². The van der Waals surface area contributed by atoms with Crippen molar-refractivity contribution in [2.24, 2.45) is 0 Å². The van der Waals surface area contributed by atoms with Gasteiger partial charge in [-0.3, -0.25) is 0 Å². The highest BCUT2D eigenvalue weighted by Gasteiger charge is 2.23. The van der Waals surface area contributed by atoms with Crippen molar-refractivity contribution in [1.29, 1.82) is 0 Å². The normalized spacial score (nSPS) is 16.6. The Hall–Kier alpha value is -2.59. The number of hydrogen-bond donors (Lipinski definition) is 1. The summed E-state index contributed by atoms with van der Waals surface area (Å²) in [6, 6.07) is 18.0. The van der Waals surface area contributed by atoms with Crippen LogP contribution in [0.15, 0.2) is 67.0 Å². The van der Waals surface area contributed by atoms with E-state index in [-0.39, 0.29) is 6.04 Å². The number of fused-ring (bicyclic) bond motifs is 1. The van der Waals surface area contributed by atoms with Crippen molar-refractivity contribution in [2.75, 3.05) is 5.32 Å². The van der Waals surface area contributed by atoms with Crippen molar-refractivity contribution in [3.63, 3.8) is 0 Å². The minimum absolute atomic E-state index is 0.00813. The van der Waals surface area contributed by atoms with Gasteiger partial charge in [-0.25, -0.2) is 4.68 Å². The Labute approximate surface area is 133 Å². The van der Waals surface area contributed by atoms with Crippen LogP contribution in [-0.2, 0) is 0 Å². The van der Waals surface area contributed by atoms with Crippen LogP contribution in [0.5, 0.6) is 0 Å². The fourth-order valence-electron chi connectivity index (χ4n) is 2.62. The maximum Gasteiger partial charge on any atom is 0.226 e. The van der Waals surface area contributed by atoms with Crippen LogP contribution in [0.3, 0.4) is 0 Å². The van der Waals surface area contributed by atoms with Gasteiger partial charge in [0.15, 0.2) is 0 Å². The topological polar surface area (TPSA) is 42.7 Å². The van der Waals surface area contributed by atoms with E-state index in [0.29, 0.717) is 0 Å². The van der Waals surface area contributed by atoms with Crippen LogP contribution in [0, 0.1) is 0 Å². The molecule has 0 saturated carbocycles. The van der Waals surface area contributed by atoms with E-state index in [1.807, 2.05) is 47.1 Å². The number of hydrogen-bond acceptors (Lipinski definition) is 3. The number of halogens is 1. The van der Waals surface area contributed by atoms with Gasteiger partial charge in [-0.15, -0.1) is 0 Å². The van der Waals surface area contributed by atoms with Gasteiger partial charge in [0.25, 0.3) is 0 Å². The molecule has 0 radical (unpaired) electrons. The first-order chi connectivity index (χ1) is 10.8. The molecule has 5 heteroatoms. The van der Waals surface area contributed by atoms with Crippen molar-refractivity contribution in [3.05, 3.63) is 83.2 Å². The SMILES string of the molecule is Clc1ccc(C2C=C(c3ccccc3)Nc3ncnn32)cc1. The van der Waals surface area contributed by atoms with Crippen molar-refractivity contribution < 1.29 is 0 Å². The van der Waals surface area contributed by atoms with Crippen LogP contribution in [0.4, 0.5) is 5.95 Å². The number of nitrogens with zero attached hydrogens (tertiary/aromatic N) is 3. The second kappa shape index (κ2) is 5.31. The van der Waals surface area contributed by atoms with Crippen LogP contribution in [0.2, 0.25) is 5.02 Å². The van der Waals surface area contributed by atoms with Gasteiger partial charge < -0.3 is 5.32 Å². The van der Waals surface area contributed by atoms with E-state index in [1.165, 1.54) is 0 Å². The van der Waals surface area contributed by atoms with Crippen LogP contribution in [0.25, 0.3) is 5.70 Å². The van der Waals surface area contributed by atoms with E-state index in [4.69, 9.17) is 11.6 Å². The molecule has 1 aliphatic heterocycles. The molecule has 0 fully saturated rings. The molecule has 0 saturated heterocycles. The molecule has 1 N–H and O–H groups in total. The molecule has 1 unspecified atom stereocenters. The zero-order valence-corrected chi connectivity index (χ0v) is 12.4. The van der Waals surface area contributed by atoms with Crippen LogP contribution < -0.4 is 5.32 Å². The van der Waals surface area contributed by atoms with Crippen molar-refractivity contribution in [1.82, 2.24) is 14.8 Å². The van der Waals surface area contributed by atoms with E-state index >= 15 is 0 Å². The second-order valence-corrected chi connectivity index (χ2v) is 5.53. The van der Waals surface area contributed by atoms with Crippen LogP contribution in [-0.4, -0.2) is 14.8 Å². The number of nitrogens with one attached hydrogen (secondary N) is 1. The molecule has 1 aliphatic rings. The van der Waals surface area contributed by atoms with Crippen molar-refractivity contribution in [2.45, 2.75) is 6.04 Å². The summed E-state index contributed by atoms with van der Waals surface area (Å²) in [7, 11) is 0. The van der Waals surface area contributed by atoms with Crippen LogP contribution in [0.1, 0.15) is 17.2 Å². The predicted molar refractivity (Wildman–Crippen MR) is 87.7 cm³/mol. The standard InChI is InChI=1S/C17H13ClN4/c18-14-8-6-13(7-9-14)16-10-15(12-4-2-1-3-5-12)21-17-19-11-20-22(16)17/h1-11,16H,(H,19,20,21). The zero-order valence-electron chi connectivity index (χ0n) is 11.6. The Morgan fingerprint density at radius 2 is 1.77 bits per heavy atom. The summed E-state index contributed by atoms with van der Waals surface area (Å²) in [5, 5.41) is 8.39. The molecule has 2 aromatic carbocycles. The Kier molecular flexibility index (Phi) is 3.16. The van der Waals surface area contributed by atoms with Gasteiger partial charge in [-0.1, -0.05) is 54.1 Å². The number of benzene rings is 2. The molecule has 2 heterocycles. The Balaban J connectivity index is 1.81. The van der Waals surface area contributed by atoms with Gasteiger partial charge in [0, 0.05) is 10.7 Å². The van der Waals surface area contributed by atoms with Gasteiger partial charge >= 0.3 is 0 Å². The molecule has 108 valence electrons. The zero-order chi connectivity index (χ0) is 14.9. The molecule has 0 bridgehead atoms. The van der Waals surface area contributed by atoms with E-state index in [0.717, 1.165) is 27.8 Å². The summed E-state index contributed by atoms with van der Waals surface area (Å²) in [5.74, 6) is 0.737. The first-order valence-corrected chi connectivity index (χ1v) is 7.38. The molecule has 0 aliphatic carbocycles. The molecule has 1 aromatic heterocycles. The van der Waals surface area contributed by atoms with Crippen molar-refractivity contribution >= 4 is 23.2 Å². The van der Waals surface area contributed by atoms with E-state index in [2.05, 4.69) is 33.6 Å². The summed E-state index contributed by atoms with van der Waals surface area (Å²) in [5.41, 5.74) is 3.27. The van der Waals surface area contributed by atoms with E-state index in [9.17, 15) is 0 Å². The molecule has 1 atom stereocenters. The van der Waals surface area contributed by atoms with Gasteiger partial charge in [0.05, 0.1) is 0 Å². The molecule has 0 amide bonds. The minimum atomic E-state index is -0.00813. The molecule has 0 spiro atoms. The smallest absolute Gasteiger partial charge is 0.226 e. The summed E-state index contributed by atoms with van der Waals surface area (Å²) in [4.78, 5) is 4.30. The molecule has 22 heavy (non-hydrogen) atoms. The third kappa shape index (κ3) is 2.27. The molecule has 4 nitrogen and oxygen atoms in total. The highest BCUT2D eigenvalue weighted by molar-refractivity contribution is 6.30. The highest BCUT2D eigenvalue weighted by atomic mass is 35.5. The number of anilines is 1. The summed E-state index contributed by atoms with van der Waals surface area (Å²) in [6.07, 6.45) is 3.72. The Morgan fingerprint density at radius 1 is 1.00 bits per heavy atom. The minimum Gasteiger partial charge on any atom is -0.324 e. The lowest BCUT2D eigenvalue weighted by Crippen LogP contribution is -2.20. The quantitative estimate of drug-likeness (QED) is 0.778. The van der Waals surface area contributed by atoms with Crippen LogP contribution >= 0.6 is 11.6 Å². The average Bonchev–Trinajstić information content (AvgIpc) is 3.04. The van der Waals surface area contributed by atoms with E-state index in [1.54, 1.807) is 6.33 Å². The van der Waals surface area contributed by atoms with Gasteiger partial charge in [0.1, 0.15) is 12.4 Å². The van der Waals surface area contributed by atoms with Gasteiger partial charge in [-0.2, -0.15) is 10.1 Å². The van der Waals surface area contributed by atoms with Gasteiger partial charge in [-0.05, 0) is 29.3 Å². The number of aromatic nitrogens is 3. The number of rotatable bonds is 2. The number of allylic oxidation sites excluding steroid dienone is 1. The Morgan fingerprint density at radius 3 is 2.55 bits per heavy atom. The maximum absolute atomic E-state index is 5.99. The first-order valence-electron chi connectivity index (χ1n) is 7.00. The molecular formula is C17H13ClN4. The van der Waals surface area contributed by atoms with Gasteiger partial charge in [0.2, 0.25) is 5.95 Å². The lowest BCUT2D eigenvalue weighted by atomic mass is 10.0. The highest BCUT2D eigenvalue weighted by Crippen LogP contribution is 2.32. The summed E-state index contributed by atoms with van der Waals surface area (Å²) < 4.78 is 1.87. The first kappa shape index (κ1) is 13.1. The average molecular weight is 309 g/mol.